The first-order valence-electron chi connectivity index (χ1n) is 10.3. The standard InChI is InChI=1S/C22H27N4O3/c1-22(27)12-16(13-22)20-18-14-24-9-10-26(18,23)21(25-20)15-5-7-17(8-6-15)29-19-4-2-3-11-28-19/h5-10,14,16,19,27H,2-4,11-13,23H2,1H3/q+1. The third kappa shape index (κ3) is 3.34. The Balaban J connectivity index is 1.40. The average Bonchev–Trinajstić information content (AvgIpc) is 3.00. The molecule has 1 aromatic rings. The fraction of sp³-hybridized carbons (Fsp3) is 0.455. The molecule has 3 N–H and O–H groups in total. The Morgan fingerprint density at radius 2 is 2.03 bits per heavy atom. The molecule has 1 aromatic carbocycles. The maximum atomic E-state index is 10.2. The lowest BCUT2D eigenvalue weighted by molar-refractivity contribution is -0.750. The Kier molecular flexibility index (Phi) is 4.43. The fourth-order valence-electron chi connectivity index (χ4n) is 4.54. The van der Waals surface area contributed by atoms with Crippen LogP contribution in [0.4, 0.5) is 0 Å². The number of ether oxygens (including phenoxy) is 2. The van der Waals surface area contributed by atoms with Gasteiger partial charge in [-0.1, -0.05) is 0 Å². The van der Waals surface area contributed by atoms with E-state index in [0.717, 1.165) is 54.4 Å². The molecule has 0 radical (unpaired) electrons. The van der Waals surface area contributed by atoms with Crippen molar-refractivity contribution in [3.63, 3.8) is 0 Å². The van der Waals surface area contributed by atoms with Gasteiger partial charge in [-0.3, -0.25) is 4.99 Å². The van der Waals surface area contributed by atoms with Crippen LogP contribution < -0.4 is 10.6 Å². The highest BCUT2D eigenvalue weighted by Crippen LogP contribution is 2.46. The molecular formula is C22H27N4O3+. The summed E-state index contributed by atoms with van der Waals surface area (Å²) < 4.78 is 11.6. The molecule has 7 nitrogen and oxygen atoms in total. The number of aliphatic imine (C=N–C) groups is 2. The summed E-state index contributed by atoms with van der Waals surface area (Å²) in [6, 6.07) is 7.85. The SMILES string of the molecule is CC1(O)CC(C2=C3C=NC=C[N+]3(N)C(c3ccc(OC4CCCCO4)cc3)=N2)C1. The number of nitrogens with two attached hydrogens (primary N) is 1. The molecule has 1 saturated carbocycles. The molecule has 2 unspecified atom stereocenters. The van der Waals surface area contributed by atoms with Gasteiger partial charge in [0, 0.05) is 12.3 Å². The summed E-state index contributed by atoms with van der Waals surface area (Å²) in [6.07, 6.45) is 9.70. The van der Waals surface area contributed by atoms with Crippen LogP contribution >= 0.6 is 0 Å². The molecule has 0 amide bonds. The molecule has 29 heavy (non-hydrogen) atoms. The van der Waals surface area contributed by atoms with Gasteiger partial charge in [0.25, 0.3) is 5.84 Å². The number of rotatable bonds is 4. The van der Waals surface area contributed by atoms with Crippen LogP contribution in [0.1, 0.15) is 44.6 Å². The van der Waals surface area contributed by atoms with Crippen LogP contribution in [0.2, 0.25) is 0 Å². The summed E-state index contributed by atoms with van der Waals surface area (Å²) in [4.78, 5) is 9.20. The molecule has 3 aliphatic heterocycles. The second-order valence-electron chi connectivity index (χ2n) is 8.60. The monoisotopic (exact) mass is 395 g/mol. The van der Waals surface area contributed by atoms with Gasteiger partial charge in [-0.25, -0.2) is 0 Å². The molecular weight excluding hydrogens is 368 g/mol. The lowest BCUT2D eigenvalue weighted by atomic mass is 9.70. The predicted molar refractivity (Wildman–Crippen MR) is 110 cm³/mol. The van der Waals surface area contributed by atoms with Crippen molar-refractivity contribution in [3.8, 4) is 5.75 Å². The minimum Gasteiger partial charge on any atom is -0.465 e. The first-order chi connectivity index (χ1) is 13.9. The Labute approximate surface area is 170 Å². The second-order valence-corrected chi connectivity index (χ2v) is 8.60. The first kappa shape index (κ1) is 18.7. The van der Waals surface area contributed by atoms with Crippen LogP contribution in [0.15, 0.2) is 58.0 Å². The van der Waals surface area contributed by atoms with Gasteiger partial charge in [0.2, 0.25) is 5.70 Å². The van der Waals surface area contributed by atoms with Crippen LogP contribution in [0, 0.1) is 5.92 Å². The van der Waals surface area contributed by atoms with Gasteiger partial charge in [-0.15, -0.1) is 4.59 Å². The maximum absolute atomic E-state index is 10.2. The number of quaternary nitrogens is 1. The number of allylic oxidation sites excluding steroid dienone is 2. The minimum atomic E-state index is -0.622. The minimum absolute atomic E-state index is 0.00339. The molecule has 2 atom stereocenters. The lowest BCUT2D eigenvalue weighted by Gasteiger charge is -2.40. The first-order valence-corrected chi connectivity index (χ1v) is 10.3. The second kappa shape index (κ2) is 6.88. The van der Waals surface area contributed by atoms with Gasteiger partial charge in [-0.05, 0) is 56.9 Å². The molecule has 0 spiro atoms. The zero-order chi connectivity index (χ0) is 20.1. The van der Waals surface area contributed by atoms with Crippen molar-refractivity contribution >= 4 is 12.1 Å². The van der Waals surface area contributed by atoms with Gasteiger partial charge in [0.1, 0.15) is 17.6 Å². The van der Waals surface area contributed by atoms with Crippen LogP contribution in [0.25, 0.3) is 0 Å². The predicted octanol–water partition coefficient (Wildman–Crippen LogP) is 2.97. The highest BCUT2D eigenvalue weighted by atomic mass is 16.7. The number of aliphatic hydroxyl groups is 1. The van der Waals surface area contributed by atoms with E-state index in [1.807, 2.05) is 37.4 Å². The lowest BCUT2D eigenvalue weighted by Crippen LogP contribution is -2.53. The Morgan fingerprint density at radius 3 is 2.72 bits per heavy atom. The van der Waals surface area contributed by atoms with Gasteiger partial charge >= 0.3 is 0 Å². The Hall–Kier alpha value is -2.32. The summed E-state index contributed by atoms with van der Waals surface area (Å²) in [5, 5.41) is 10.2. The summed E-state index contributed by atoms with van der Waals surface area (Å²) in [5.41, 5.74) is 2.11. The smallest absolute Gasteiger partial charge is 0.264 e. The molecule has 0 aromatic heterocycles. The maximum Gasteiger partial charge on any atom is 0.264 e. The van der Waals surface area contributed by atoms with E-state index < -0.39 is 5.60 Å². The van der Waals surface area contributed by atoms with Gasteiger partial charge in [-0.2, -0.15) is 10.8 Å². The third-order valence-corrected chi connectivity index (χ3v) is 6.10. The van der Waals surface area contributed by atoms with Crippen LogP contribution in [0.3, 0.4) is 0 Å². The molecule has 152 valence electrons. The Bertz CT molecular complexity index is 918. The quantitative estimate of drug-likeness (QED) is 0.606. The van der Waals surface area contributed by atoms with E-state index in [4.69, 9.17) is 20.3 Å². The number of fused-ring (bicyclic) bond motifs is 1. The number of nitrogens with zero attached hydrogens (tertiary/aromatic N) is 3. The van der Waals surface area contributed by atoms with Crippen LogP contribution in [-0.4, -0.2) is 40.2 Å². The van der Waals surface area contributed by atoms with Crippen molar-refractivity contribution in [3.05, 3.63) is 53.6 Å². The largest absolute Gasteiger partial charge is 0.465 e. The van der Waals surface area contributed by atoms with E-state index in [9.17, 15) is 5.11 Å². The van der Waals surface area contributed by atoms with E-state index in [-0.39, 0.29) is 16.8 Å². The highest BCUT2D eigenvalue weighted by Gasteiger charge is 2.50. The van der Waals surface area contributed by atoms with E-state index in [0.29, 0.717) is 12.8 Å². The van der Waals surface area contributed by atoms with Crippen LogP contribution in [0.5, 0.6) is 5.75 Å². The summed E-state index contributed by atoms with van der Waals surface area (Å²) in [7, 11) is 0. The van der Waals surface area contributed by atoms with Gasteiger partial charge in [0.15, 0.2) is 6.29 Å². The molecule has 7 heteroatoms. The van der Waals surface area contributed by atoms with E-state index >= 15 is 0 Å². The summed E-state index contributed by atoms with van der Waals surface area (Å²) in [6.45, 7) is 2.62. The fourth-order valence-corrected chi connectivity index (χ4v) is 4.54. The number of hydrogen-bond acceptors (Lipinski definition) is 6. The zero-order valence-electron chi connectivity index (χ0n) is 16.6. The zero-order valence-corrected chi connectivity index (χ0v) is 16.6. The van der Waals surface area contributed by atoms with Crippen LogP contribution in [-0.2, 0) is 4.74 Å². The summed E-state index contributed by atoms with van der Waals surface area (Å²) >= 11 is 0. The molecule has 1 aliphatic carbocycles. The van der Waals surface area contributed by atoms with E-state index in [2.05, 4.69) is 4.99 Å². The van der Waals surface area contributed by atoms with Crippen molar-refractivity contribution in [2.45, 2.75) is 50.9 Å². The molecule has 1 saturated heterocycles. The van der Waals surface area contributed by atoms with Gasteiger partial charge in [0.05, 0.1) is 30.2 Å². The normalized spacial score (nSPS) is 35.9. The van der Waals surface area contributed by atoms with Crippen molar-refractivity contribution < 1.29 is 19.2 Å². The number of amidine groups is 1. The average molecular weight is 395 g/mol. The Morgan fingerprint density at radius 1 is 1.24 bits per heavy atom. The molecule has 5 rings (SSSR count). The molecule has 4 aliphatic rings. The molecule has 2 fully saturated rings. The highest BCUT2D eigenvalue weighted by molar-refractivity contribution is 6.00. The van der Waals surface area contributed by atoms with Gasteiger partial charge < -0.3 is 14.6 Å². The number of hydrogen-bond donors (Lipinski definition) is 2. The molecule has 0 bridgehead atoms. The van der Waals surface area contributed by atoms with E-state index in [1.54, 1.807) is 12.4 Å². The van der Waals surface area contributed by atoms with E-state index in [1.165, 1.54) is 0 Å². The van der Waals surface area contributed by atoms with Crippen molar-refractivity contribution in [1.29, 1.82) is 0 Å². The van der Waals surface area contributed by atoms with Crippen molar-refractivity contribution in [2.75, 3.05) is 6.61 Å². The van der Waals surface area contributed by atoms with Crippen molar-refractivity contribution in [2.24, 2.45) is 21.7 Å². The summed E-state index contributed by atoms with van der Waals surface area (Å²) in [5.74, 6) is 8.49. The number of benzene rings is 1. The molecule has 3 heterocycles. The van der Waals surface area contributed by atoms with Crippen molar-refractivity contribution in [1.82, 2.24) is 0 Å². The third-order valence-electron chi connectivity index (χ3n) is 6.10. The topological polar surface area (TPSA) is 89.4 Å².